The van der Waals surface area contributed by atoms with Crippen LogP contribution in [0, 0.1) is 27.7 Å². The predicted molar refractivity (Wildman–Crippen MR) is 130 cm³/mol. The Morgan fingerprint density at radius 1 is 0.767 bits per heavy atom. The Morgan fingerprint density at radius 3 is 1.77 bits per heavy atom. The zero-order valence-corrected chi connectivity index (χ0v) is 19.7. The number of pyridine rings is 1. The molecular weight excluding hydrogens is 413 g/mol. The summed E-state index contributed by atoms with van der Waals surface area (Å²) >= 11 is 12.9. The lowest BCUT2D eigenvalue weighted by molar-refractivity contribution is 1.25. The van der Waals surface area contributed by atoms with Crippen LogP contribution in [0.25, 0.3) is 0 Å². The minimum atomic E-state index is 0.636. The lowest BCUT2D eigenvalue weighted by Gasteiger charge is -2.11. The van der Waals surface area contributed by atoms with Crippen molar-refractivity contribution in [2.45, 2.75) is 41.5 Å². The molecule has 154 valence electrons. The Kier molecular flexibility index (Phi) is 6.74. The van der Waals surface area contributed by atoms with Crippen molar-refractivity contribution in [2.75, 3.05) is 0 Å². The van der Waals surface area contributed by atoms with E-state index in [2.05, 4.69) is 17.1 Å². The fourth-order valence-electron chi connectivity index (χ4n) is 3.53. The quantitative estimate of drug-likeness (QED) is 0.382. The number of hydrogen-bond donors (Lipinski definition) is 0. The van der Waals surface area contributed by atoms with Crippen LogP contribution in [-0.2, 0) is 0 Å². The number of halogens is 2. The van der Waals surface area contributed by atoms with Crippen LogP contribution in [0.15, 0.2) is 52.6 Å². The topological polar surface area (TPSA) is 37.6 Å². The summed E-state index contributed by atoms with van der Waals surface area (Å²) in [5, 5.41) is 1.28. The molecule has 0 aliphatic carbocycles. The summed E-state index contributed by atoms with van der Waals surface area (Å²) in [5.41, 5.74) is 9.14. The van der Waals surface area contributed by atoms with Crippen molar-refractivity contribution in [2.24, 2.45) is 9.98 Å². The third-order valence-electron chi connectivity index (χ3n) is 4.90. The van der Waals surface area contributed by atoms with E-state index in [9.17, 15) is 0 Å². The Labute approximate surface area is 188 Å². The van der Waals surface area contributed by atoms with Gasteiger partial charge in [0.2, 0.25) is 0 Å². The minimum absolute atomic E-state index is 0.636. The number of nitrogens with zero attached hydrogens (tertiary/aromatic N) is 3. The van der Waals surface area contributed by atoms with Crippen molar-refractivity contribution in [1.29, 1.82) is 0 Å². The molecule has 0 aliphatic heterocycles. The van der Waals surface area contributed by atoms with Gasteiger partial charge >= 0.3 is 0 Å². The zero-order valence-electron chi connectivity index (χ0n) is 18.1. The molecule has 0 atom stereocenters. The number of benzene rings is 2. The Balaban J connectivity index is 2.09. The summed E-state index contributed by atoms with van der Waals surface area (Å²) in [6.45, 7) is 12.0. The van der Waals surface area contributed by atoms with Crippen LogP contribution in [0.3, 0.4) is 0 Å². The standard InChI is InChI=1S/C25H25Cl2N3/c1-14-10-16(3)23(21(26)12-14)29-18(5)20-8-7-9-28-25(20)19(6)30-24-17(4)11-15(2)13-22(24)27/h7-13H,1-6H3. The molecule has 0 bridgehead atoms. The van der Waals surface area contributed by atoms with E-state index in [0.29, 0.717) is 10.0 Å². The van der Waals surface area contributed by atoms with E-state index in [1.54, 1.807) is 6.20 Å². The highest BCUT2D eigenvalue weighted by Gasteiger charge is 2.13. The molecule has 0 unspecified atom stereocenters. The van der Waals surface area contributed by atoms with Crippen molar-refractivity contribution in [3.63, 3.8) is 0 Å². The average Bonchev–Trinajstić information content (AvgIpc) is 2.67. The monoisotopic (exact) mass is 437 g/mol. The third kappa shape index (κ3) is 4.80. The average molecular weight is 438 g/mol. The van der Waals surface area contributed by atoms with Crippen LogP contribution < -0.4 is 0 Å². The molecule has 0 N–H and O–H groups in total. The fraction of sp³-hybridized carbons (Fsp3) is 0.240. The van der Waals surface area contributed by atoms with E-state index in [4.69, 9.17) is 33.2 Å². The number of rotatable bonds is 4. The number of aryl methyl sites for hydroxylation is 4. The molecule has 5 heteroatoms. The first-order chi connectivity index (χ1) is 14.2. The van der Waals surface area contributed by atoms with Crippen molar-refractivity contribution < 1.29 is 0 Å². The van der Waals surface area contributed by atoms with Crippen LogP contribution >= 0.6 is 23.2 Å². The second kappa shape index (κ2) is 9.11. The maximum Gasteiger partial charge on any atom is 0.0932 e. The molecule has 1 heterocycles. The molecule has 1 aromatic heterocycles. The highest BCUT2D eigenvalue weighted by molar-refractivity contribution is 6.34. The molecule has 0 radical (unpaired) electrons. The van der Waals surface area contributed by atoms with Gasteiger partial charge in [0.1, 0.15) is 0 Å². The van der Waals surface area contributed by atoms with Crippen molar-refractivity contribution >= 4 is 46.0 Å². The van der Waals surface area contributed by atoms with Crippen LogP contribution in [0.2, 0.25) is 10.0 Å². The lowest BCUT2D eigenvalue weighted by atomic mass is 10.1. The highest BCUT2D eigenvalue weighted by atomic mass is 35.5. The molecule has 0 saturated carbocycles. The second-order valence-corrected chi connectivity index (χ2v) is 8.43. The first-order valence-corrected chi connectivity index (χ1v) is 10.5. The zero-order chi connectivity index (χ0) is 22.0. The van der Waals surface area contributed by atoms with Crippen molar-refractivity contribution in [3.8, 4) is 0 Å². The van der Waals surface area contributed by atoms with Gasteiger partial charge in [-0.25, -0.2) is 4.99 Å². The van der Waals surface area contributed by atoms with Crippen molar-refractivity contribution in [1.82, 2.24) is 4.98 Å². The third-order valence-corrected chi connectivity index (χ3v) is 5.47. The SMILES string of the molecule is CC(=Nc1c(C)cc(C)cc1Cl)c1cccnc1C(C)=Nc1c(C)cc(C)cc1Cl. The summed E-state index contributed by atoms with van der Waals surface area (Å²) in [7, 11) is 0. The van der Waals surface area contributed by atoms with E-state index in [1.165, 1.54) is 0 Å². The molecule has 30 heavy (non-hydrogen) atoms. The van der Waals surface area contributed by atoms with Crippen LogP contribution in [-0.4, -0.2) is 16.4 Å². The lowest BCUT2D eigenvalue weighted by Crippen LogP contribution is -2.08. The summed E-state index contributed by atoms with van der Waals surface area (Å²) < 4.78 is 0. The highest BCUT2D eigenvalue weighted by Crippen LogP contribution is 2.32. The first-order valence-electron chi connectivity index (χ1n) is 9.77. The first kappa shape index (κ1) is 22.2. The maximum absolute atomic E-state index is 6.46. The molecule has 3 nitrogen and oxygen atoms in total. The van der Waals surface area contributed by atoms with E-state index in [1.807, 2.05) is 65.8 Å². The molecule has 0 aliphatic rings. The Bertz CT molecular complexity index is 1040. The van der Waals surface area contributed by atoms with Gasteiger partial charge in [0.15, 0.2) is 0 Å². The van der Waals surface area contributed by atoms with Gasteiger partial charge in [-0.1, -0.05) is 35.3 Å². The number of aromatic nitrogens is 1. The van der Waals surface area contributed by atoms with E-state index < -0.39 is 0 Å². The van der Waals surface area contributed by atoms with Crippen molar-refractivity contribution in [3.05, 3.63) is 86.2 Å². The summed E-state index contributed by atoms with van der Waals surface area (Å²) in [6, 6.07) is 11.9. The van der Waals surface area contributed by atoms with E-state index in [0.717, 1.165) is 56.3 Å². The Hall–Kier alpha value is -2.49. The number of hydrogen-bond acceptors (Lipinski definition) is 3. The van der Waals surface area contributed by atoms with Crippen LogP contribution in [0.5, 0.6) is 0 Å². The van der Waals surface area contributed by atoms with Gasteiger partial charge < -0.3 is 0 Å². The summed E-state index contributed by atoms with van der Waals surface area (Å²) in [5.74, 6) is 0. The molecule has 2 aromatic carbocycles. The normalized spacial score (nSPS) is 12.4. The van der Waals surface area contributed by atoms with Gasteiger partial charge in [-0.15, -0.1) is 0 Å². The van der Waals surface area contributed by atoms with Gasteiger partial charge in [0, 0.05) is 17.5 Å². The second-order valence-electron chi connectivity index (χ2n) is 7.62. The van der Waals surface area contributed by atoms with Crippen LogP contribution in [0.1, 0.15) is 47.4 Å². The predicted octanol–water partition coefficient (Wildman–Crippen LogP) is 7.90. The number of aliphatic imine (C=N–C) groups is 2. The molecule has 3 rings (SSSR count). The van der Waals surface area contributed by atoms with E-state index >= 15 is 0 Å². The van der Waals surface area contributed by atoms with E-state index in [-0.39, 0.29) is 0 Å². The van der Waals surface area contributed by atoms with Gasteiger partial charge in [0.25, 0.3) is 0 Å². The molecule has 0 saturated heterocycles. The van der Waals surface area contributed by atoms with Gasteiger partial charge in [-0.2, -0.15) is 0 Å². The van der Waals surface area contributed by atoms with Gasteiger partial charge in [-0.05, 0) is 88.1 Å². The molecule has 0 spiro atoms. The smallest absolute Gasteiger partial charge is 0.0932 e. The molecule has 3 aromatic rings. The van der Waals surface area contributed by atoms with Crippen LogP contribution in [0.4, 0.5) is 11.4 Å². The molecular formula is C25H25Cl2N3. The van der Waals surface area contributed by atoms with Gasteiger partial charge in [-0.3, -0.25) is 9.98 Å². The largest absolute Gasteiger partial charge is 0.254 e. The molecule has 0 amide bonds. The Morgan fingerprint density at radius 2 is 1.27 bits per heavy atom. The minimum Gasteiger partial charge on any atom is -0.254 e. The fourth-order valence-corrected chi connectivity index (χ4v) is 4.26. The molecule has 0 fully saturated rings. The maximum atomic E-state index is 6.46. The summed E-state index contributed by atoms with van der Waals surface area (Å²) in [4.78, 5) is 14.2. The summed E-state index contributed by atoms with van der Waals surface area (Å²) in [6.07, 6.45) is 1.76. The van der Waals surface area contributed by atoms with Gasteiger partial charge in [0.05, 0.1) is 32.8 Å².